The van der Waals surface area contributed by atoms with E-state index in [1.165, 1.54) is 0 Å². The molecule has 5 aliphatic carbocycles. The minimum absolute atomic E-state index is 0.0303. The Bertz CT molecular complexity index is 1220. The first-order chi connectivity index (χ1) is 17.5. The highest BCUT2D eigenvalue weighted by Gasteiger charge is 2.71. The van der Waals surface area contributed by atoms with Crippen LogP contribution in [0.3, 0.4) is 0 Å². The van der Waals surface area contributed by atoms with Gasteiger partial charge >= 0.3 is 5.97 Å². The molecule has 0 N–H and O–H groups in total. The molecule has 0 saturated heterocycles. The minimum atomic E-state index is -0.670. The molecule has 6 unspecified atom stereocenters. The molecule has 0 aromatic rings. The van der Waals surface area contributed by atoms with Crippen molar-refractivity contribution in [1.29, 1.82) is 5.26 Å². The van der Waals surface area contributed by atoms with Gasteiger partial charge in [0.2, 0.25) is 0 Å². The number of carbonyl (C=O) groups is 3. The van der Waals surface area contributed by atoms with Gasteiger partial charge in [0.15, 0.2) is 11.6 Å². The number of hydrogen-bond donors (Lipinski definition) is 0. The topological polar surface area (TPSA) is 84.2 Å². The number of fused-ring (bicyclic) bond motifs is 7. The molecule has 5 nitrogen and oxygen atoms in total. The average Bonchev–Trinajstić information content (AvgIpc) is 2.82. The summed E-state index contributed by atoms with van der Waals surface area (Å²) in [7, 11) is 0. The molecule has 0 amide bonds. The van der Waals surface area contributed by atoms with E-state index in [1.807, 2.05) is 32.9 Å². The number of hydrogen-bond acceptors (Lipinski definition) is 5. The van der Waals surface area contributed by atoms with Gasteiger partial charge in [-0.05, 0) is 86.0 Å². The summed E-state index contributed by atoms with van der Waals surface area (Å²) >= 11 is 0. The molecule has 5 aliphatic rings. The van der Waals surface area contributed by atoms with Crippen LogP contribution in [0.15, 0.2) is 23.3 Å². The standard InChI is InChI=1S/C33H45NO4/c1-9-38-27(37)33-14-12-28(2,3)18-21(33)25-22(35)16-24-30(6)17-20(19-34)26(36)29(4,5)23(30)10-11-31(24,7)32(25,8)13-15-33/h16-17,21,23,25H,9-15,18H2,1-8H3/t21?,23?,25?,30?,31?,32-,33?/m1/s1. The lowest BCUT2D eigenvalue weighted by molar-refractivity contribution is -0.192. The molecule has 206 valence electrons. The van der Waals surface area contributed by atoms with Gasteiger partial charge in [0.05, 0.1) is 17.6 Å². The smallest absolute Gasteiger partial charge is 0.312 e. The van der Waals surface area contributed by atoms with Crippen molar-refractivity contribution in [2.45, 2.75) is 100 Å². The third kappa shape index (κ3) is 3.24. The molecule has 0 spiro atoms. The van der Waals surface area contributed by atoms with Gasteiger partial charge in [0.1, 0.15) is 6.07 Å². The largest absolute Gasteiger partial charge is 0.466 e. The van der Waals surface area contributed by atoms with Crippen LogP contribution >= 0.6 is 0 Å². The van der Waals surface area contributed by atoms with Gasteiger partial charge < -0.3 is 4.74 Å². The van der Waals surface area contributed by atoms with Gasteiger partial charge in [0, 0.05) is 16.7 Å². The molecular weight excluding hydrogens is 474 g/mol. The van der Waals surface area contributed by atoms with Crippen LogP contribution in [0.25, 0.3) is 0 Å². The molecule has 3 fully saturated rings. The van der Waals surface area contributed by atoms with Crippen molar-refractivity contribution in [2.24, 2.45) is 50.2 Å². The number of ether oxygens (including phenoxy) is 1. The Morgan fingerprint density at radius 1 is 1.03 bits per heavy atom. The van der Waals surface area contributed by atoms with Gasteiger partial charge in [-0.15, -0.1) is 0 Å². The molecule has 0 heterocycles. The van der Waals surface area contributed by atoms with E-state index in [2.05, 4.69) is 40.7 Å². The van der Waals surface area contributed by atoms with Gasteiger partial charge in [-0.2, -0.15) is 5.26 Å². The number of esters is 1. The van der Waals surface area contributed by atoms with Gasteiger partial charge in [-0.1, -0.05) is 60.1 Å². The van der Waals surface area contributed by atoms with Crippen LogP contribution in [0.1, 0.15) is 100 Å². The van der Waals surface area contributed by atoms with Crippen LogP contribution in [-0.2, 0) is 19.1 Å². The Balaban J connectivity index is 1.69. The molecule has 38 heavy (non-hydrogen) atoms. The fourth-order valence-electron chi connectivity index (χ4n) is 10.3. The molecule has 0 bridgehead atoms. The van der Waals surface area contributed by atoms with E-state index in [0.717, 1.165) is 50.5 Å². The third-order valence-electron chi connectivity index (χ3n) is 12.5. The summed E-state index contributed by atoms with van der Waals surface area (Å²) in [4.78, 5) is 41.3. The molecule has 5 rings (SSSR count). The van der Waals surface area contributed by atoms with E-state index in [0.29, 0.717) is 6.61 Å². The normalized spacial score (nSPS) is 44.8. The fraction of sp³-hybridized carbons (Fsp3) is 0.758. The van der Waals surface area contributed by atoms with E-state index in [-0.39, 0.29) is 57.1 Å². The lowest BCUT2D eigenvalue weighted by Crippen LogP contribution is -2.66. The third-order valence-corrected chi connectivity index (χ3v) is 12.5. The highest BCUT2D eigenvalue weighted by Crippen LogP contribution is 2.74. The number of ketones is 2. The van der Waals surface area contributed by atoms with Crippen molar-refractivity contribution in [3.8, 4) is 6.07 Å². The number of carbonyl (C=O) groups excluding carboxylic acids is 3. The first-order valence-electron chi connectivity index (χ1n) is 14.7. The first-order valence-corrected chi connectivity index (χ1v) is 14.7. The summed E-state index contributed by atoms with van der Waals surface area (Å²) in [6, 6.07) is 2.18. The Hall–Kier alpha value is -2.22. The van der Waals surface area contributed by atoms with E-state index in [9.17, 15) is 19.6 Å². The van der Waals surface area contributed by atoms with Gasteiger partial charge in [-0.3, -0.25) is 14.4 Å². The highest BCUT2D eigenvalue weighted by atomic mass is 16.5. The molecule has 5 heteroatoms. The van der Waals surface area contributed by atoms with Crippen molar-refractivity contribution in [3.05, 3.63) is 23.3 Å². The van der Waals surface area contributed by atoms with Crippen molar-refractivity contribution in [2.75, 3.05) is 6.61 Å². The average molecular weight is 520 g/mol. The van der Waals surface area contributed by atoms with Gasteiger partial charge in [0.25, 0.3) is 0 Å². The van der Waals surface area contributed by atoms with Crippen LogP contribution in [0.5, 0.6) is 0 Å². The maximum atomic E-state index is 14.4. The molecule has 0 aromatic heterocycles. The summed E-state index contributed by atoms with van der Waals surface area (Å²) < 4.78 is 5.70. The molecule has 3 saturated carbocycles. The Labute approximate surface area is 228 Å². The summed E-state index contributed by atoms with van der Waals surface area (Å²) in [6.45, 7) is 17.5. The zero-order valence-corrected chi connectivity index (χ0v) is 24.6. The second kappa shape index (κ2) is 8.15. The fourth-order valence-corrected chi connectivity index (χ4v) is 10.3. The van der Waals surface area contributed by atoms with Crippen LogP contribution in [0.2, 0.25) is 0 Å². The van der Waals surface area contributed by atoms with Crippen LogP contribution in [0.4, 0.5) is 0 Å². The number of nitrogens with zero attached hydrogens (tertiary/aromatic N) is 1. The van der Waals surface area contributed by atoms with Gasteiger partial charge in [-0.25, -0.2) is 0 Å². The van der Waals surface area contributed by atoms with E-state index >= 15 is 0 Å². The lowest BCUT2D eigenvalue weighted by atomic mass is 9.34. The van der Waals surface area contributed by atoms with Crippen molar-refractivity contribution < 1.29 is 19.1 Å². The monoisotopic (exact) mass is 519 g/mol. The maximum Gasteiger partial charge on any atom is 0.312 e. The van der Waals surface area contributed by atoms with Crippen molar-refractivity contribution in [1.82, 2.24) is 0 Å². The SMILES string of the molecule is CCOC(=O)C12CCC(C)(C)CC1C1C(=O)C=C3C4(C)C=C(C#N)C(=O)C(C)(C)C4CCC3(C)[C@]1(C)CC2. The summed E-state index contributed by atoms with van der Waals surface area (Å²) in [6.07, 6.45) is 9.69. The molecule has 0 radical (unpaired) electrons. The predicted octanol–water partition coefficient (Wildman–Crippen LogP) is 6.77. The van der Waals surface area contributed by atoms with Crippen LogP contribution < -0.4 is 0 Å². The number of nitriles is 1. The zero-order chi connectivity index (χ0) is 28.1. The molecular formula is C33H45NO4. The van der Waals surface area contributed by atoms with Crippen molar-refractivity contribution >= 4 is 17.5 Å². The first kappa shape index (κ1) is 27.4. The number of Topliss-reactive ketones (excluding diaryl/α,β-unsaturated/α-hetero) is 1. The second-order valence-electron chi connectivity index (χ2n) is 15.1. The quantitative estimate of drug-likeness (QED) is 0.376. The predicted molar refractivity (Wildman–Crippen MR) is 146 cm³/mol. The van der Waals surface area contributed by atoms with Crippen LogP contribution in [0, 0.1) is 61.6 Å². The maximum absolute atomic E-state index is 14.4. The van der Waals surface area contributed by atoms with E-state index in [4.69, 9.17) is 4.74 Å². The summed E-state index contributed by atoms with van der Waals surface area (Å²) in [5.41, 5.74) is -1.02. The Kier molecular flexibility index (Phi) is 5.87. The number of allylic oxidation sites excluding steroid dienone is 4. The van der Waals surface area contributed by atoms with E-state index in [1.54, 1.807) is 0 Å². The minimum Gasteiger partial charge on any atom is -0.466 e. The van der Waals surface area contributed by atoms with Crippen LogP contribution in [-0.4, -0.2) is 24.1 Å². The second-order valence-corrected chi connectivity index (χ2v) is 15.1. The van der Waals surface area contributed by atoms with Crippen molar-refractivity contribution in [3.63, 3.8) is 0 Å². The zero-order valence-electron chi connectivity index (χ0n) is 24.6. The molecule has 7 atom stereocenters. The molecule has 0 aliphatic heterocycles. The highest BCUT2D eigenvalue weighted by molar-refractivity contribution is 6.04. The summed E-state index contributed by atoms with van der Waals surface area (Å²) in [5, 5.41) is 9.88. The van der Waals surface area contributed by atoms with E-state index < -0.39 is 16.2 Å². The summed E-state index contributed by atoms with van der Waals surface area (Å²) in [5.74, 6) is -0.334. The molecule has 0 aromatic carbocycles. The Morgan fingerprint density at radius 2 is 1.68 bits per heavy atom. The Morgan fingerprint density at radius 3 is 2.32 bits per heavy atom. The lowest BCUT2D eigenvalue weighted by Gasteiger charge is -2.68. The number of rotatable bonds is 2.